The summed E-state index contributed by atoms with van der Waals surface area (Å²) in [4.78, 5) is 18.9. The van der Waals surface area contributed by atoms with Crippen LogP contribution in [0.3, 0.4) is 0 Å². The van der Waals surface area contributed by atoms with Crippen molar-refractivity contribution in [2.75, 3.05) is 31.8 Å². The third-order valence-corrected chi connectivity index (χ3v) is 6.98. The summed E-state index contributed by atoms with van der Waals surface area (Å²) in [6, 6.07) is 17.9. The zero-order chi connectivity index (χ0) is 26.2. The van der Waals surface area contributed by atoms with E-state index in [9.17, 15) is 4.79 Å². The number of likely N-dealkylation sites (tertiary alicyclic amines) is 1. The van der Waals surface area contributed by atoms with Crippen molar-refractivity contribution < 1.29 is 9.53 Å². The van der Waals surface area contributed by atoms with Crippen molar-refractivity contribution in [3.05, 3.63) is 82.6 Å². The second kappa shape index (κ2) is 12.6. The molecule has 1 aliphatic heterocycles. The number of piperidine rings is 1. The van der Waals surface area contributed by atoms with Gasteiger partial charge in [0.15, 0.2) is 0 Å². The van der Waals surface area contributed by atoms with Gasteiger partial charge in [-0.05, 0) is 54.2 Å². The molecule has 1 aromatic heterocycles. The zero-order valence-corrected chi connectivity index (χ0v) is 21.6. The molecule has 37 heavy (non-hydrogen) atoms. The van der Waals surface area contributed by atoms with Crippen LogP contribution < -0.4 is 5.01 Å². The van der Waals surface area contributed by atoms with Crippen LogP contribution in [0.5, 0.6) is 0 Å². The Labute approximate surface area is 222 Å². The van der Waals surface area contributed by atoms with E-state index in [-0.39, 0.29) is 5.91 Å². The fourth-order valence-electron chi connectivity index (χ4n) is 4.76. The molecule has 2 aromatic carbocycles. The Balaban J connectivity index is 1.43. The van der Waals surface area contributed by atoms with Gasteiger partial charge < -0.3 is 9.64 Å². The van der Waals surface area contributed by atoms with Crippen LogP contribution in [-0.4, -0.2) is 48.9 Å². The molecule has 2 N–H and O–H groups in total. The lowest BCUT2D eigenvalue weighted by Gasteiger charge is -2.32. The third-order valence-electron chi connectivity index (χ3n) is 6.75. The molecule has 1 saturated heterocycles. The summed E-state index contributed by atoms with van der Waals surface area (Å²) in [6.07, 6.45) is 5.86. The van der Waals surface area contributed by atoms with Crippen LogP contribution in [-0.2, 0) is 16.0 Å². The van der Waals surface area contributed by atoms with E-state index in [1.807, 2.05) is 17.0 Å². The highest BCUT2D eigenvalue weighted by Crippen LogP contribution is 2.33. The molecule has 0 atom stereocenters. The number of amides is 1. The fraction of sp³-hybridized carbons (Fsp3) is 0.321. The summed E-state index contributed by atoms with van der Waals surface area (Å²) >= 11 is 6.22. The predicted octanol–water partition coefficient (Wildman–Crippen LogP) is 6.09. The molecule has 1 amide bonds. The number of halogens is 1. The molecule has 192 valence electrons. The maximum Gasteiger partial charge on any atom is 0.224 e. The van der Waals surface area contributed by atoms with Gasteiger partial charge in [0.2, 0.25) is 5.91 Å². The number of methoxy groups -OCH3 is 1. The Morgan fingerprint density at radius 3 is 2.70 bits per heavy atom. The maximum absolute atomic E-state index is 12.3. The van der Waals surface area contributed by atoms with Crippen molar-refractivity contribution in [3.63, 3.8) is 0 Å². The van der Waals surface area contributed by atoms with Gasteiger partial charge in [0, 0.05) is 54.7 Å². The molecule has 0 saturated carbocycles. The topological polar surface area (TPSA) is 106 Å². The summed E-state index contributed by atoms with van der Waals surface area (Å²) in [5.74, 6) is 0.621. The van der Waals surface area contributed by atoms with E-state index in [4.69, 9.17) is 27.3 Å². The van der Waals surface area contributed by atoms with Crippen molar-refractivity contribution in [3.8, 4) is 11.1 Å². The van der Waals surface area contributed by atoms with Crippen molar-refractivity contribution in [1.29, 1.82) is 10.9 Å². The minimum atomic E-state index is 0.174. The average molecular weight is 519 g/mol. The van der Waals surface area contributed by atoms with Gasteiger partial charge >= 0.3 is 0 Å². The molecule has 9 heteroatoms. The van der Waals surface area contributed by atoms with Gasteiger partial charge in [-0.3, -0.25) is 15.2 Å². The van der Waals surface area contributed by atoms with Crippen LogP contribution >= 0.6 is 11.6 Å². The molecule has 0 spiro atoms. The lowest BCUT2D eigenvalue weighted by atomic mass is 9.88. The molecular formula is C28H31ClN6O2. The highest BCUT2D eigenvalue weighted by molar-refractivity contribution is 6.31. The van der Waals surface area contributed by atoms with Crippen LogP contribution in [0.25, 0.3) is 11.1 Å². The van der Waals surface area contributed by atoms with Crippen LogP contribution in [0.4, 0.5) is 5.69 Å². The first-order valence-corrected chi connectivity index (χ1v) is 12.7. The number of ether oxygens (including phenoxy) is 1. The Bertz CT molecular complexity index is 1230. The van der Waals surface area contributed by atoms with E-state index in [0.717, 1.165) is 49.1 Å². The molecule has 3 aromatic rings. The van der Waals surface area contributed by atoms with Crippen LogP contribution in [0.2, 0.25) is 5.02 Å². The Hall–Kier alpha value is -3.62. The monoisotopic (exact) mass is 518 g/mol. The molecule has 0 unspecified atom stereocenters. The second-order valence-electron chi connectivity index (χ2n) is 9.09. The SMILES string of the molecule is COCCC(=O)N1CCC(c2cccc(Cc3ccc(-c4cc(Cl)ccc4N(C=N)N=N)cn3)c2)CC1. The second-order valence-corrected chi connectivity index (χ2v) is 9.53. The van der Waals surface area contributed by atoms with E-state index >= 15 is 0 Å². The van der Waals surface area contributed by atoms with E-state index in [0.29, 0.717) is 36.1 Å². The summed E-state index contributed by atoms with van der Waals surface area (Å²) in [6.45, 7) is 2.04. The first-order chi connectivity index (χ1) is 18.0. The van der Waals surface area contributed by atoms with E-state index < -0.39 is 0 Å². The van der Waals surface area contributed by atoms with Crippen molar-refractivity contribution in [1.82, 2.24) is 9.88 Å². The molecule has 0 radical (unpaired) electrons. The van der Waals surface area contributed by atoms with Gasteiger partial charge in [0.1, 0.15) is 6.34 Å². The van der Waals surface area contributed by atoms with Gasteiger partial charge in [-0.1, -0.05) is 47.2 Å². The van der Waals surface area contributed by atoms with E-state index in [1.165, 1.54) is 16.1 Å². The first-order valence-electron chi connectivity index (χ1n) is 12.3. The minimum absolute atomic E-state index is 0.174. The summed E-state index contributed by atoms with van der Waals surface area (Å²) in [7, 11) is 1.62. The molecule has 1 fully saturated rings. The van der Waals surface area contributed by atoms with Crippen molar-refractivity contribution >= 4 is 29.5 Å². The van der Waals surface area contributed by atoms with Crippen LogP contribution in [0.15, 0.2) is 66.0 Å². The van der Waals surface area contributed by atoms with Crippen molar-refractivity contribution in [2.24, 2.45) is 5.22 Å². The average Bonchev–Trinajstić information content (AvgIpc) is 2.94. The molecule has 2 heterocycles. The van der Waals surface area contributed by atoms with Gasteiger partial charge in [0.25, 0.3) is 0 Å². The number of pyridine rings is 1. The van der Waals surface area contributed by atoms with Gasteiger partial charge in [-0.15, -0.1) is 0 Å². The number of nitrogens with one attached hydrogen (secondary N) is 2. The van der Waals surface area contributed by atoms with E-state index in [2.05, 4.69) is 34.5 Å². The summed E-state index contributed by atoms with van der Waals surface area (Å²) in [5, 5.41) is 12.6. The summed E-state index contributed by atoms with van der Waals surface area (Å²) in [5.41, 5.74) is 13.0. The number of aromatic nitrogens is 1. The zero-order valence-electron chi connectivity index (χ0n) is 20.9. The highest BCUT2D eigenvalue weighted by Gasteiger charge is 2.23. The number of anilines is 1. The molecule has 8 nitrogen and oxygen atoms in total. The third kappa shape index (κ3) is 6.58. The quantitative estimate of drug-likeness (QED) is 0.146. The van der Waals surface area contributed by atoms with Gasteiger partial charge in [0.05, 0.1) is 18.7 Å². The molecule has 4 rings (SSSR count). The Kier molecular flexibility index (Phi) is 8.98. The first kappa shape index (κ1) is 26.4. The van der Waals surface area contributed by atoms with Crippen molar-refractivity contribution in [2.45, 2.75) is 31.6 Å². The number of benzene rings is 2. The fourth-order valence-corrected chi connectivity index (χ4v) is 4.93. The molecule has 0 bridgehead atoms. The Morgan fingerprint density at radius 2 is 2.03 bits per heavy atom. The maximum atomic E-state index is 12.3. The van der Waals surface area contributed by atoms with E-state index in [1.54, 1.807) is 31.5 Å². The number of carbonyl (C=O) groups excluding carboxylic acids is 1. The normalized spacial score (nSPS) is 13.8. The Morgan fingerprint density at radius 1 is 1.22 bits per heavy atom. The van der Waals surface area contributed by atoms with Crippen LogP contribution in [0, 0.1) is 10.9 Å². The standard InChI is InChI=1S/C28H31ClN6O2/c1-37-14-11-28(36)34-12-9-21(10-13-34)22-4-2-3-20(15-22)16-25-7-5-23(18-32-25)26-17-24(29)6-8-27(26)35(19-30)33-31/h2-8,15,17-19,21,30-31H,9-14,16H2,1H3. The minimum Gasteiger partial charge on any atom is -0.384 e. The number of rotatable bonds is 10. The molecule has 0 aliphatic carbocycles. The lowest BCUT2D eigenvalue weighted by molar-refractivity contribution is -0.133. The largest absolute Gasteiger partial charge is 0.384 e. The van der Waals surface area contributed by atoms with Crippen LogP contribution in [0.1, 0.15) is 42.0 Å². The molecular weight excluding hydrogens is 488 g/mol. The highest BCUT2D eigenvalue weighted by atomic mass is 35.5. The number of nitrogens with zero attached hydrogens (tertiary/aromatic N) is 4. The lowest BCUT2D eigenvalue weighted by Crippen LogP contribution is -2.38. The van der Waals surface area contributed by atoms with Gasteiger partial charge in [-0.2, -0.15) is 5.53 Å². The smallest absolute Gasteiger partial charge is 0.224 e. The van der Waals surface area contributed by atoms with Gasteiger partial charge in [-0.25, -0.2) is 5.01 Å². The summed E-state index contributed by atoms with van der Waals surface area (Å²) < 4.78 is 5.03. The molecule has 1 aliphatic rings. The number of carbonyl (C=O) groups is 1. The number of hydrogen-bond donors (Lipinski definition) is 2. The predicted molar refractivity (Wildman–Crippen MR) is 145 cm³/mol. The number of hydrogen-bond acceptors (Lipinski definition) is 6.